The lowest BCUT2D eigenvalue weighted by molar-refractivity contribution is -0.0505. The van der Waals surface area contributed by atoms with E-state index < -0.39 is 18.5 Å². The van der Waals surface area contributed by atoms with E-state index in [4.69, 9.17) is 11.6 Å². The summed E-state index contributed by atoms with van der Waals surface area (Å²) in [6.45, 7) is -1.19. The quantitative estimate of drug-likeness (QED) is 0.813. The van der Waals surface area contributed by atoms with Crippen LogP contribution in [-0.4, -0.2) is 6.61 Å². The molecule has 2 aromatic carbocycles. The number of nitrogens with one attached hydrogen (secondary N) is 1. The van der Waals surface area contributed by atoms with E-state index in [1.807, 2.05) is 0 Å². The van der Waals surface area contributed by atoms with Gasteiger partial charge in [-0.05, 0) is 31.2 Å². The van der Waals surface area contributed by atoms with Crippen LogP contribution in [0.15, 0.2) is 42.5 Å². The molecule has 0 aliphatic heterocycles. The molecule has 0 radical (unpaired) electrons. The molecule has 21 heavy (non-hydrogen) atoms. The molecule has 1 unspecified atom stereocenters. The number of halogens is 4. The molecular weight excluding hydrogens is 303 g/mol. The van der Waals surface area contributed by atoms with Gasteiger partial charge >= 0.3 is 6.61 Å². The summed E-state index contributed by atoms with van der Waals surface area (Å²) < 4.78 is 43.0. The van der Waals surface area contributed by atoms with Gasteiger partial charge in [-0.3, -0.25) is 0 Å². The van der Waals surface area contributed by atoms with E-state index >= 15 is 0 Å². The van der Waals surface area contributed by atoms with Gasteiger partial charge in [0.1, 0.15) is 11.6 Å². The van der Waals surface area contributed by atoms with Crippen molar-refractivity contribution in [1.82, 2.24) is 0 Å². The van der Waals surface area contributed by atoms with Crippen LogP contribution in [-0.2, 0) is 0 Å². The van der Waals surface area contributed by atoms with Crippen molar-refractivity contribution in [2.75, 3.05) is 5.32 Å². The fourth-order valence-corrected chi connectivity index (χ4v) is 2.12. The molecule has 0 bridgehead atoms. The van der Waals surface area contributed by atoms with Crippen LogP contribution in [0.1, 0.15) is 18.5 Å². The van der Waals surface area contributed by atoms with Crippen LogP contribution < -0.4 is 10.1 Å². The Bertz CT molecular complexity index is 622. The van der Waals surface area contributed by atoms with E-state index in [-0.39, 0.29) is 16.5 Å². The van der Waals surface area contributed by atoms with Gasteiger partial charge in [0.25, 0.3) is 0 Å². The minimum absolute atomic E-state index is 0.0573. The molecule has 0 amide bonds. The largest absolute Gasteiger partial charge is 0.434 e. The lowest BCUT2D eigenvalue weighted by Gasteiger charge is -2.19. The highest BCUT2D eigenvalue weighted by Crippen LogP contribution is 2.30. The van der Waals surface area contributed by atoms with Crippen molar-refractivity contribution >= 4 is 17.3 Å². The zero-order valence-electron chi connectivity index (χ0n) is 11.1. The summed E-state index contributed by atoms with van der Waals surface area (Å²) >= 11 is 5.68. The van der Waals surface area contributed by atoms with E-state index in [0.29, 0.717) is 5.56 Å². The molecule has 0 saturated heterocycles. The Hall–Kier alpha value is -1.88. The molecule has 1 atom stereocenters. The first-order valence-electron chi connectivity index (χ1n) is 6.22. The number of para-hydroxylation sites is 1. The lowest BCUT2D eigenvalue weighted by atomic mass is 10.1. The Kier molecular flexibility index (Phi) is 4.96. The minimum Gasteiger partial charge on any atom is -0.434 e. The first kappa shape index (κ1) is 15.5. The van der Waals surface area contributed by atoms with Crippen LogP contribution in [0.25, 0.3) is 0 Å². The smallest absolute Gasteiger partial charge is 0.387 e. The van der Waals surface area contributed by atoms with Gasteiger partial charge in [-0.2, -0.15) is 8.78 Å². The first-order chi connectivity index (χ1) is 9.97. The third-order valence-electron chi connectivity index (χ3n) is 2.90. The van der Waals surface area contributed by atoms with Gasteiger partial charge in [0, 0.05) is 10.6 Å². The standard InChI is InChI=1S/C15H13ClF3NO/c1-9(20-13-7-6-10(16)8-12(13)17)11-4-2-3-5-14(11)21-15(18)19/h2-9,15,20H,1H3. The molecule has 0 spiro atoms. The lowest BCUT2D eigenvalue weighted by Crippen LogP contribution is -2.11. The summed E-state index contributed by atoms with van der Waals surface area (Å²) in [7, 11) is 0. The van der Waals surface area contributed by atoms with Gasteiger partial charge in [-0.25, -0.2) is 4.39 Å². The van der Waals surface area contributed by atoms with E-state index in [0.717, 1.165) is 0 Å². The molecule has 2 nitrogen and oxygen atoms in total. The van der Waals surface area contributed by atoms with Crippen molar-refractivity contribution in [2.45, 2.75) is 19.6 Å². The number of rotatable bonds is 5. The summed E-state index contributed by atoms with van der Waals surface area (Å²) in [5, 5.41) is 3.19. The maximum atomic E-state index is 13.7. The van der Waals surface area contributed by atoms with Crippen molar-refractivity contribution in [3.63, 3.8) is 0 Å². The molecule has 1 N–H and O–H groups in total. The predicted molar refractivity (Wildman–Crippen MR) is 76.5 cm³/mol. The predicted octanol–water partition coefficient (Wildman–Crippen LogP) is 5.25. The normalized spacial score (nSPS) is 12.3. The Morgan fingerprint density at radius 1 is 1.14 bits per heavy atom. The molecule has 0 saturated carbocycles. The van der Waals surface area contributed by atoms with Crippen molar-refractivity contribution < 1.29 is 17.9 Å². The summed E-state index contributed by atoms with van der Waals surface area (Å²) in [6.07, 6.45) is 0. The molecule has 0 aromatic heterocycles. The summed E-state index contributed by atoms with van der Waals surface area (Å²) in [5.41, 5.74) is 0.742. The minimum atomic E-state index is -2.91. The van der Waals surface area contributed by atoms with Gasteiger partial charge in [-0.15, -0.1) is 0 Å². The Morgan fingerprint density at radius 3 is 2.52 bits per heavy atom. The molecule has 0 aliphatic rings. The van der Waals surface area contributed by atoms with Crippen molar-refractivity contribution in [3.05, 3.63) is 58.9 Å². The molecule has 112 valence electrons. The van der Waals surface area contributed by atoms with Crippen LogP contribution in [0, 0.1) is 5.82 Å². The van der Waals surface area contributed by atoms with E-state index in [9.17, 15) is 13.2 Å². The topological polar surface area (TPSA) is 21.3 Å². The Labute approximate surface area is 125 Å². The highest BCUT2D eigenvalue weighted by molar-refractivity contribution is 6.30. The Morgan fingerprint density at radius 2 is 1.86 bits per heavy atom. The fourth-order valence-electron chi connectivity index (χ4n) is 1.96. The van der Waals surface area contributed by atoms with Gasteiger partial charge in [0.05, 0.1) is 11.7 Å². The highest BCUT2D eigenvalue weighted by atomic mass is 35.5. The van der Waals surface area contributed by atoms with E-state index in [2.05, 4.69) is 10.1 Å². The van der Waals surface area contributed by atoms with Gasteiger partial charge in [-0.1, -0.05) is 29.8 Å². The molecular formula is C15H13ClF3NO. The van der Waals surface area contributed by atoms with Crippen LogP contribution in [0.2, 0.25) is 5.02 Å². The van der Waals surface area contributed by atoms with Gasteiger partial charge in [0.2, 0.25) is 0 Å². The van der Waals surface area contributed by atoms with Gasteiger partial charge in [0.15, 0.2) is 0 Å². The monoisotopic (exact) mass is 315 g/mol. The first-order valence-corrected chi connectivity index (χ1v) is 6.60. The van der Waals surface area contributed by atoms with Crippen molar-refractivity contribution in [2.24, 2.45) is 0 Å². The summed E-state index contributed by atoms with van der Waals surface area (Å²) in [6, 6.07) is 10.2. The summed E-state index contributed by atoms with van der Waals surface area (Å²) in [4.78, 5) is 0. The zero-order valence-corrected chi connectivity index (χ0v) is 11.9. The van der Waals surface area contributed by atoms with Crippen molar-refractivity contribution in [3.8, 4) is 5.75 Å². The number of ether oxygens (including phenoxy) is 1. The maximum absolute atomic E-state index is 13.7. The van der Waals surface area contributed by atoms with Crippen LogP contribution in [0.3, 0.4) is 0 Å². The van der Waals surface area contributed by atoms with E-state index in [1.54, 1.807) is 31.2 Å². The van der Waals surface area contributed by atoms with Crippen molar-refractivity contribution in [1.29, 1.82) is 0 Å². The number of alkyl halides is 2. The number of benzene rings is 2. The third-order valence-corrected chi connectivity index (χ3v) is 3.14. The molecule has 0 aliphatic carbocycles. The highest BCUT2D eigenvalue weighted by Gasteiger charge is 2.15. The fraction of sp³-hybridized carbons (Fsp3) is 0.200. The molecule has 2 rings (SSSR count). The third kappa shape index (κ3) is 4.04. The number of anilines is 1. The maximum Gasteiger partial charge on any atom is 0.387 e. The van der Waals surface area contributed by atoms with Gasteiger partial charge < -0.3 is 10.1 Å². The number of hydrogen-bond donors (Lipinski definition) is 1. The second-order valence-corrected chi connectivity index (χ2v) is 4.84. The Balaban J connectivity index is 2.22. The second-order valence-electron chi connectivity index (χ2n) is 4.41. The zero-order chi connectivity index (χ0) is 15.4. The number of hydrogen-bond acceptors (Lipinski definition) is 2. The average Bonchev–Trinajstić information content (AvgIpc) is 2.42. The molecule has 6 heteroatoms. The average molecular weight is 316 g/mol. The van der Waals surface area contributed by atoms with E-state index in [1.165, 1.54) is 18.2 Å². The molecule has 2 aromatic rings. The second kappa shape index (κ2) is 6.72. The van der Waals surface area contributed by atoms with Crippen LogP contribution in [0.4, 0.5) is 18.9 Å². The van der Waals surface area contributed by atoms with Crippen LogP contribution >= 0.6 is 11.6 Å². The molecule has 0 fully saturated rings. The molecule has 0 heterocycles. The SMILES string of the molecule is CC(Nc1ccc(Cl)cc1F)c1ccccc1OC(F)F. The van der Waals surface area contributed by atoms with Crippen LogP contribution in [0.5, 0.6) is 5.75 Å². The summed E-state index contributed by atoms with van der Waals surface area (Å²) in [5.74, 6) is -0.455.